The Labute approximate surface area is 106 Å². The number of ketones is 1. The number of hydrogen-bond acceptors (Lipinski definition) is 2. The topological polar surface area (TPSA) is 51.4 Å². The van der Waals surface area contributed by atoms with Crippen molar-refractivity contribution in [1.29, 1.82) is 0 Å². The van der Waals surface area contributed by atoms with Crippen LogP contribution in [-0.2, 0) is 25.2 Å². The van der Waals surface area contributed by atoms with Crippen molar-refractivity contribution in [3.63, 3.8) is 0 Å². The summed E-state index contributed by atoms with van der Waals surface area (Å²) in [5.41, 5.74) is -0.348. The molecule has 0 aromatic carbocycles. The van der Waals surface area contributed by atoms with Crippen molar-refractivity contribution in [3.05, 3.63) is 5.32 Å². The molecule has 0 bridgehead atoms. The third kappa shape index (κ3) is 4.74. The molecule has 2 atom stereocenters. The summed E-state index contributed by atoms with van der Waals surface area (Å²) in [7, 11) is 0. The Hall–Kier alpha value is 0.252. The van der Waals surface area contributed by atoms with Gasteiger partial charge in [-0.3, -0.25) is 4.79 Å². The number of rotatable bonds is 3. The van der Waals surface area contributed by atoms with Crippen molar-refractivity contribution < 1.29 is 30.3 Å². The normalized spacial score (nSPS) is 23.3. The van der Waals surface area contributed by atoms with Gasteiger partial charge in [0, 0.05) is 38.4 Å². The second kappa shape index (κ2) is 6.10. The molecule has 0 aliphatic carbocycles. The fourth-order valence-corrected chi connectivity index (χ4v) is 1.60. The minimum absolute atomic E-state index is 0. The first-order valence-electron chi connectivity index (χ1n) is 5.29. The van der Waals surface area contributed by atoms with Crippen molar-refractivity contribution in [2.24, 2.45) is 5.41 Å². The van der Waals surface area contributed by atoms with E-state index in [0.717, 1.165) is 19.4 Å². The van der Waals surface area contributed by atoms with Crippen molar-refractivity contribution in [2.75, 3.05) is 6.54 Å². The summed E-state index contributed by atoms with van der Waals surface area (Å²) in [6.07, 6.45) is 1.66. The summed E-state index contributed by atoms with van der Waals surface area (Å²) < 4.78 is 0. The number of carbonyl (C=O) groups excluding carboxylic acids is 1. The Balaban J connectivity index is 0.00000196. The monoisotopic (exact) mass is 304 g/mol. The van der Waals surface area contributed by atoms with E-state index < -0.39 is 6.10 Å². The summed E-state index contributed by atoms with van der Waals surface area (Å²) in [6.45, 7) is 6.49. The molecule has 1 aliphatic heterocycles. The van der Waals surface area contributed by atoms with Crippen LogP contribution >= 0.6 is 0 Å². The van der Waals surface area contributed by atoms with Gasteiger partial charge in [-0.05, 0) is 0 Å². The summed E-state index contributed by atoms with van der Waals surface area (Å²) >= 11 is 0. The number of Topliss-reactive ketones (excluding diaryl/α,β-unsaturated/α-hetero) is 1. The van der Waals surface area contributed by atoms with Gasteiger partial charge in [0.05, 0.1) is 0 Å². The van der Waals surface area contributed by atoms with Crippen LogP contribution < -0.4 is 0 Å². The molecule has 1 rings (SSSR count). The molecule has 0 spiro atoms. The smallest absolute Gasteiger partial charge is 0.140 e. The summed E-state index contributed by atoms with van der Waals surface area (Å²) in [4.78, 5) is 11.6. The minimum Gasteiger partial charge on any atom is -0.657 e. The second-order valence-corrected chi connectivity index (χ2v) is 5.06. The Morgan fingerprint density at radius 1 is 1.53 bits per heavy atom. The molecule has 1 fully saturated rings. The van der Waals surface area contributed by atoms with E-state index in [-0.39, 0.29) is 44.1 Å². The Bertz CT molecular complexity index is 207. The SMILES string of the molecule is CC(C)(C)C(=O)CC(O)C1CCC[N-]1.[Pd]. The third-order valence-electron chi connectivity index (χ3n) is 2.70. The molecule has 4 heteroatoms. The van der Waals surface area contributed by atoms with Crippen LogP contribution in [0.2, 0.25) is 0 Å². The second-order valence-electron chi connectivity index (χ2n) is 5.06. The van der Waals surface area contributed by atoms with Crippen LogP contribution in [0, 0.1) is 5.41 Å². The van der Waals surface area contributed by atoms with Crippen molar-refractivity contribution >= 4 is 5.78 Å². The molecule has 3 nitrogen and oxygen atoms in total. The van der Waals surface area contributed by atoms with E-state index in [0.29, 0.717) is 0 Å². The number of aliphatic hydroxyl groups is 1. The zero-order valence-electron chi connectivity index (χ0n) is 9.60. The van der Waals surface area contributed by atoms with E-state index in [1.807, 2.05) is 20.8 Å². The van der Waals surface area contributed by atoms with Crippen LogP contribution in [-0.4, -0.2) is 29.6 Å². The summed E-state index contributed by atoms with van der Waals surface area (Å²) in [6, 6.07) is 0.00120. The zero-order valence-corrected chi connectivity index (χ0v) is 11.2. The summed E-state index contributed by atoms with van der Waals surface area (Å²) in [5.74, 6) is 0.118. The fourth-order valence-electron chi connectivity index (χ4n) is 1.60. The molecule has 0 aromatic heterocycles. The first kappa shape index (κ1) is 15.3. The van der Waals surface area contributed by atoms with Gasteiger partial charge in [0.15, 0.2) is 0 Å². The van der Waals surface area contributed by atoms with Crippen molar-refractivity contribution in [1.82, 2.24) is 0 Å². The van der Waals surface area contributed by atoms with Gasteiger partial charge in [-0.25, -0.2) is 0 Å². The van der Waals surface area contributed by atoms with Gasteiger partial charge in [-0.2, -0.15) is 0 Å². The first-order valence-corrected chi connectivity index (χ1v) is 5.29. The van der Waals surface area contributed by atoms with Crippen molar-refractivity contribution in [3.8, 4) is 0 Å². The Morgan fingerprint density at radius 2 is 2.13 bits per heavy atom. The molecule has 0 saturated carbocycles. The molecule has 1 heterocycles. The average Bonchev–Trinajstić information content (AvgIpc) is 2.53. The van der Waals surface area contributed by atoms with Crippen LogP contribution in [0.25, 0.3) is 5.32 Å². The number of nitrogens with zero attached hydrogens (tertiary/aromatic N) is 1. The number of hydrogen-bond donors (Lipinski definition) is 1. The molecule has 0 radical (unpaired) electrons. The van der Waals surface area contributed by atoms with Gasteiger partial charge in [0.2, 0.25) is 0 Å². The molecule has 0 aromatic rings. The Morgan fingerprint density at radius 3 is 2.53 bits per heavy atom. The van der Waals surface area contributed by atoms with Gasteiger partial charge in [0.1, 0.15) is 5.78 Å². The van der Waals surface area contributed by atoms with Crippen LogP contribution in [0.5, 0.6) is 0 Å². The minimum atomic E-state index is -0.566. The van der Waals surface area contributed by atoms with Crippen LogP contribution in [0.15, 0.2) is 0 Å². The van der Waals surface area contributed by atoms with E-state index in [1.165, 1.54) is 0 Å². The molecular weight excluding hydrogens is 285 g/mol. The van der Waals surface area contributed by atoms with Gasteiger partial charge in [0.25, 0.3) is 0 Å². The molecule has 1 saturated heterocycles. The van der Waals surface area contributed by atoms with E-state index in [9.17, 15) is 9.90 Å². The molecule has 1 N–H and O–H groups in total. The molecular formula is C11H20NO2Pd-. The molecule has 1 aliphatic rings. The number of aliphatic hydroxyl groups excluding tert-OH is 1. The molecule has 2 unspecified atom stereocenters. The van der Waals surface area contributed by atoms with Crippen LogP contribution in [0.1, 0.15) is 40.0 Å². The van der Waals surface area contributed by atoms with Gasteiger partial charge in [-0.1, -0.05) is 33.6 Å². The van der Waals surface area contributed by atoms with E-state index in [4.69, 9.17) is 0 Å². The maximum absolute atomic E-state index is 11.6. The zero-order chi connectivity index (χ0) is 10.8. The predicted octanol–water partition coefficient (Wildman–Crippen LogP) is 1.89. The van der Waals surface area contributed by atoms with E-state index in [2.05, 4.69) is 5.32 Å². The van der Waals surface area contributed by atoms with Gasteiger partial charge >= 0.3 is 0 Å². The quantitative estimate of drug-likeness (QED) is 0.810. The van der Waals surface area contributed by atoms with Crippen LogP contribution in [0.3, 0.4) is 0 Å². The maximum Gasteiger partial charge on any atom is 0.140 e. The van der Waals surface area contributed by atoms with Gasteiger partial charge in [-0.15, -0.1) is 12.6 Å². The third-order valence-corrected chi connectivity index (χ3v) is 2.70. The Kier molecular flexibility index (Phi) is 6.21. The average molecular weight is 305 g/mol. The molecule has 92 valence electrons. The van der Waals surface area contributed by atoms with Crippen LogP contribution in [0.4, 0.5) is 0 Å². The first-order chi connectivity index (χ1) is 6.41. The van der Waals surface area contributed by atoms with Crippen molar-refractivity contribution in [2.45, 2.75) is 52.2 Å². The predicted molar refractivity (Wildman–Crippen MR) is 56.3 cm³/mol. The van der Waals surface area contributed by atoms with E-state index in [1.54, 1.807) is 0 Å². The molecule has 15 heavy (non-hydrogen) atoms. The molecule has 0 amide bonds. The fraction of sp³-hybridized carbons (Fsp3) is 0.909. The standard InChI is InChI=1S/C11H20NO2.Pd/c1-11(2,3)10(14)7-9(13)8-5-4-6-12-8;/h8-9,13H,4-7H2,1-3H3;/q-1;. The maximum atomic E-state index is 11.6. The summed E-state index contributed by atoms with van der Waals surface area (Å²) in [5, 5.41) is 14.0. The largest absolute Gasteiger partial charge is 0.657 e. The van der Waals surface area contributed by atoms with E-state index >= 15 is 0 Å². The van der Waals surface area contributed by atoms with Gasteiger partial charge < -0.3 is 10.4 Å². The number of carbonyl (C=O) groups is 1.